The van der Waals surface area contributed by atoms with Gasteiger partial charge in [0.1, 0.15) is 0 Å². The Morgan fingerprint density at radius 2 is 1.29 bits per heavy atom. The molecule has 0 aromatic heterocycles. The van der Waals surface area contributed by atoms with Crippen LogP contribution in [0.15, 0.2) is 0 Å². The van der Waals surface area contributed by atoms with Crippen LogP contribution in [0.1, 0.15) is 14.3 Å². The Morgan fingerprint density at radius 3 is 1.43 bits per heavy atom. The number of rotatable bonds is 5. The summed E-state index contributed by atoms with van der Waals surface area (Å²) in [6, 6.07) is 0. The predicted octanol–water partition coefficient (Wildman–Crippen LogP) is -4.13. The van der Waals surface area contributed by atoms with Crippen LogP contribution in [0.3, 0.4) is 0 Å². The standard InChI is InChI=1S/C6H8O7.Cs.H/c7-3(8)1-6(13,5(11)12)2-4(9)10;;/h13H,1-2H2,(H,7,8)(H,9,10)(H,11,12);;/q;+1;-1. The SMILES string of the molecule is O=C(O)CC(O)(CC(=O)O)C(=O)O.[Cs+].[H-]. The zero-order valence-corrected chi connectivity index (χ0v) is 13.7. The third-order valence-electron chi connectivity index (χ3n) is 1.29. The molecule has 0 aromatic carbocycles. The quantitative estimate of drug-likeness (QED) is 0.403. The summed E-state index contributed by atoms with van der Waals surface area (Å²) in [4.78, 5) is 30.5. The molecule has 0 unspecified atom stereocenters. The van der Waals surface area contributed by atoms with Crippen LogP contribution in [-0.4, -0.2) is 43.9 Å². The fraction of sp³-hybridized carbons (Fsp3) is 0.500. The Labute approximate surface area is 139 Å². The summed E-state index contributed by atoms with van der Waals surface area (Å²) < 4.78 is 0. The van der Waals surface area contributed by atoms with Gasteiger partial charge in [-0.15, -0.1) is 0 Å². The summed E-state index contributed by atoms with van der Waals surface area (Å²) in [6.07, 6.45) is -2.29. The van der Waals surface area contributed by atoms with Crippen molar-refractivity contribution in [2.24, 2.45) is 0 Å². The number of carboxylic acids is 3. The minimum atomic E-state index is -2.74. The van der Waals surface area contributed by atoms with Crippen molar-refractivity contribution < 1.29 is 105 Å². The van der Waals surface area contributed by atoms with Crippen molar-refractivity contribution in [1.29, 1.82) is 0 Å². The molecular formula is C6H9CsO7. The minimum absolute atomic E-state index is 0. The first-order chi connectivity index (χ1) is 5.78. The molecule has 0 radical (unpaired) electrons. The molecule has 0 saturated carbocycles. The van der Waals surface area contributed by atoms with Gasteiger partial charge in [0.05, 0.1) is 12.8 Å². The van der Waals surface area contributed by atoms with E-state index in [9.17, 15) is 14.4 Å². The van der Waals surface area contributed by atoms with E-state index in [1.165, 1.54) is 0 Å². The van der Waals surface area contributed by atoms with Crippen molar-refractivity contribution in [3.8, 4) is 0 Å². The van der Waals surface area contributed by atoms with Crippen molar-refractivity contribution in [1.82, 2.24) is 0 Å². The maximum Gasteiger partial charge on any atom is 1.00 e. The Balaban J connectivity index is -0.000000720. The molecule has 0 spiro atoms. The van der Waals surface area contributed by atoms with Gasteiger partial charge in [0.2, 0.25) is 0 Å². The Kier molecular flexibility index (Phi) is 8.21. The van der Waals surface area contributed by atoms with E-state index in [-0.39, 0.29) is 70.3 Å². The van der Waals surface area contributed by atoms with E-state index >= 15 is 0 Å². The molecule has 14 heavy (non-hydrogen) atoms. The van der Waals surface area contributed by atoms with Gasteiger partial charge >= 0.3 is 86.8 Å². The van der Waals surface area contributed by atoms with E-state index in [1.807, 2.05) is 0 Å². The summed E-state index contributed by atoms with van der Waals surface area (Å²) in [6.45, 7) is 0. The average Bonchev–Trinajstić information content (AvgIpc) is 1.82. The van der Waals surface area contributed by atoms with Crippen molar-refractivity contribution in [2.45, 2.75) is 18.4 Å². The molecule has 0 aliphatic carbocycles. The van der Waals surface area contributed by atoms with Gasteiger partial charge in [-0.05, 0) is 0 Å². The van der Waals surface area contributed by atoms with Gasteiger partial charge < -0.3 is 21.9 Å². The van der Waals surface area contributed by atoms with E-state index in [0.29, 0.717) is 0 Å². The van der Waals surface area contributed by atoms with Crippen molar-refractivity contribution in [2.75, 3.05) is 0 Å². The van der Waals surface area contributed by atoms with Crippen LogP contribution in [-0.2, 0) is 14.4 Å². The first kappa shape index (κ1) is 16.8. The number of aliphatic hydroxyl groups is 1. The molecule has 8 heteroatoms. The molecule has 4 N–H and O–H groups in total. The Morgan fingerprint density at radius 1 is 1.00 bits per heavy atom. The molecule has 0 bridgehead atoms. The number of carboxylic acid groups (broad SMARTS) is 3. The molecule has 7 nitrogen and oxygen atoms in total. The molecule has 76 valence electrons. The second kappa shape index (κ2) is 6.82. The fourth-order valence-electron chi connectivity index (χ4n) is 0.714. The Hall–Kier alpha value is 0.422. The summed E-state index contributed by atoms with van der Waals surface area (Å²) in [7, 11) is 0. The topological polar surface area (TPSA) is 132 Å². The van der Waals surface area contributed by atoms with Crippen LogP contribution >= 0.6 is 0 Å². The number of hydrogen-bond acceptors (Lipinski definition) is 4. The first-order valence-electron chi connectivity index (χ1n) is 3.17. The van der Waals surface area contributed by atoms with E-state index in [4.69, 9.17) is 20.4 Å². The van der Waals surface area contributed by atoms with E-state index in [0.717, 1.165) is 0 Å². The molecule has 0 amide bonds. The summed E-state index contributed by atoms with van der Waals surface area (Å²) in [5.41, 5.74) is -2.74. The number of carbonyl (C=O) groups is 3. The number of aliphatic carboxylic acids is 3. The normalized spacial score (nSPS) is 10.1. The summed E-state index contributed by atoms with van der Waals surface area (Å²) in [5, 5.41) is 33.8. The minimum Gasteiger partial charge on any atom is -1.00 e. The zero-order valence-electron chi connectivity index (χ0n) is 8.43. The molecule has 0 aromatic rings. The van der Waals surface area contributed by atoms with Crippen LogP contribution in [0.4, 0.5) is 0 Å². The molecule has 0 heterocycles. The molecule has 0 aliphatic heterocycles. The molecule has 0 aliphatic rings. The molecule has 0 saturated heterocycles. The van der Waals surface area contributed by atoms with Crippen LogP contribution in [0.2, 0.25) is 0 Å². The van der Waals surface area contributed by atoms with Gasteiger partial charge in [-0.1, -0.05) is 0 Å². The summed E-state index contributed by atoms with van der Waals surface area (Å²) >= 11 is 0. The molecule has 0 rings (SSSR count). The van der Waals surface area contributed by atoms with Crippen molar-refractivity contribution in [3.63, 3.8) is 0 Å². The first-order valence-corrected chi connectivity index (χ1v) is 3.17. The second-order valence-corrected chi connectivity index (χ2v) is 2.48. The molecule has 0 fully saturated rings. The van der Waals surface area contributed by atoms with Crippen LogP contribution in [0.5, 0.6) is 0 Å². The molecule has 0 atom stereocenters. The third-order valence-corrected chi connectivity index (χ3v) is 1.29. The van der Waals surface area contributed by atoms with E-state index in [2.05, 4.69) is 0 Å². The third kappa shape index (κ3) is 6.01. The van der Waals surface area contributed by atoms with Gasteiger partial charge in [0.25, 0.3) is 0 Å². The van der Waals surface area contributed by atoms with Crippen LogP contribution in [0, 0.1) is 0 Å². The average molecular weight is 326 g/mol. The van der Waals surface area contributed by atoms with Gasteiger partial charge in [-0.25, -0.2) is 4.79 Å². The number of hydrogen-bond donors (Lipinski definition) is 4. The van der Waals surface area contributed by atoms with Gasteiger partial charge in [0.15, 0.2) is 5.60 Å². The summed E-state index contributed by atoms with van der Waals surface area (Å²) in [5.74, 6) is -5.02. The fourth-order valence-corrected chi connectivity index (χ4v) is 0.714. The smallest absolute Gasteiger partial charge is 1.00 e. The zero-order chi connectivity index (χ0) is 10.6. The maximum absolute atomic E-state index is 10.3. The van der Waals surface area contributed by atoms with Gasteiger partial charge in [-0.3, -0.25) is 9.59 Å². The van der Waals surface area contributed by atoms with Crippen LogP contribution < -0.4 is 68.9 Å². The maximum atomic E-state index is 10.3. The van der Waals surface area contributed by atoms with E-state index in [1.54, 1.807) is 0 Å². The monoisotopic (exact) mass is 326 g/mol. The second-order valence-electron chi connectivity index (χ2n) is 2.48. The predicted molar refractivity (Wildman–Crippen MR) is 38.2 cm³/mol. The molecular weight excluding hydrogens is 317 g/mol. The van der Waals surface area contributed by atoms with Gasteiger partial charge in [0, 0.05) is 0 Å². The van der Waals surface area contributed by atoms with Crippen molar-refractivity contribution in [3.05, 3.63) is 0 Å². The largest absolute Gasteiger partial charge is 1.00 e. The van der Waals surface area contributed by atoms with E-state index < -0.39 is 36.4 Å². The van der Waals surface area contributed by atoms with Gasteiger partial charge in [-0.2, -0.15) is 0 Å². The Bertz CT molecular complexity index is 238. The van der Waals surface area contributed by atoms with Crippen molar-refractivity contribution >= 4 is 17.9 Å². The van der Waals surface area contributed by atoms with Crippen LogP contribution in [0.25, 0.3) is 0 Å².